The Hall–Kier alpha value is -4.34. The van der Waals surface area contributed by atoms with Crippen LogP contribution in [0, 0.1) is 6.92 Å². The fraction of sp³-hybridized carbons (Fsp3) is 0.250. The standard InChI is InChI=1S/C24H24N6O4/c1-4-12-30-24(34)17-9-7-6-8-16(17)20(28-30)22(32)27-26-21(31)15-10-11-19-18(13-15)25-14(3)23(33)29(19)5-2/h6-11,13H,4-5,12H2,1-3H3,(H,26,31)(H,27,32). The maximum absolute atomic E-state index is 12.9. The quantitative estimate of drug-likeness (QED) is 0.438. The highest BCUT2D eigenvalue weighted by Crippen LogP contribution is 2.15. The fourth-order valence-corrected chi connectivity index (χ4v) is 3.84. The molecule has 2 aromatic carbocycles. The van der Waals surface area contributed by atoms with Gasteiger partial charge in [0.25, 0.3) is 22.9 Å². The molecule has 0 aliphatic carbocycles. The smallest absolute Gasteiger partial charge is 0.290 e. The van der Waals surface area contributed by atoms with Crippen LogP contribution in [0.15, 0.2) is 52.1 Å². The summed E-state index contributed by atoms with van der Waals surface area (Å²) in [5.41, 5.74) is 6.05. The number of hydrogen-bond acceptors (Lipinski definition) is 6. The molecule has 10 heteroatoms. The van der Waals surface area contributed by atoms with Crippen molar-refractivity contribution in [3.05, 3.63) is 80.1 Å². The highest BCUT2D eigenvalue weighted by atomic mass is 16.2. The number of fused-ring (bicyclic) bond motifs is 2. The van der Waals surface area contributed by atoms with Gasteiger partial charge in [0, 0.05) is 24.0 Å². The van der Waals surface area contributed by atoms with E-state index in [2.05, 4.69) is 20.9 Å². The molecular formula is C24H24N6O4. The number of aryl methyl sites for hydroxylation is 3. The molecule has 0 atom stereocenters. The molecule has 4 aromatic rings. The highest BCUT2D eigenvalue weighted by Gasteiger charge is 2.18. The molecule has 0 radical (unpaired) electrons. The van der Waals surface area contributed by atoms with Crippen LogP contribution in [0.3, 0.4) is 0 Å². The Morgan fingerprint density at radius 3 is 2.35 bits per heavy atom. The van der Waals surface area contributed by atoms with Crippen LogP contribution >= 0.6 is 0 Å². The number of carbonyl (C=O) groups excluding carboxylic acids is 2. The molecule has 0 spiro atoms. The summed E-state index contributed by atoms with van der Waals surface area (Å²) < 4.78 is 2.84. The van der Waals surface area contributed by atoms with Crippen molar-refractivity contribution in [3.63, 3.8) is 0 Å². The Bertz CT molecular complexity index is 1550. The largest absolute Gasteiger partial charge is 0.305 e. The van der Waals surface area contributed by atoms with Crippen LogP contribution in [-0.2, 0) is 13.1 Å². The Kier molecular flexibility index (Phi) is 6.22. The SMILES string of the molecule is CCCn1nc(C(=O)NNC(=O)c2ccc3c(c2)nc(C)c(=O)n3CC)c2ccccc2c1=O. The van der Waals surface area contributed by atoms with E-state index in [1.54, 1.807) is 54.0 Å². The van der Waals surface area contributed by atoms with Gasteiger partial charge >= 0.3 is 0 Å². The summed E-state index contributed by atoms with van der Waals surface area (Å²) in [5, 5.41) is 4.99. The van der Waals surface area contributed by atoms with Crippen molar-refractivity contribution in [2.45, 2.75) is 40.3 Å². The van der Waals surface area contributed by atoms with Gasteiger partial charge in [-0.2, -0.15) is 5.10 Å². The van der Waals surface area contributed by atoms with Gasteiger partial charge in [-0.15, -0.1) is 0 Å². The Labute approximate surface area is 194 Å². The number of hydrazine groups is 1. The first-order chi connectivity index (χ1) is 16.3. The first-order valence-electron chi connectivity index (χ1n) is 11.0. The van der Waals surface area contributed by atoms with Crippen LogP contribution in [0.1, 0.15) is 46.8 Å². The van der Waals surface area contributed by atoms with Crippen molar-refractivity contribution in [2.24, 2.45) is 0 Å². The molecule has 0 bridgehead atoms. The molecule has 0 aliphatic rings. The van der Waals surface area contributed by atoms with Crippen molar-refractivity contribution in [1.29, 1.82) is 0 Å². The van der Waals surface area contributed by atoms with Gasteiger partial charge in [0.05, 0.1) is 16.4 Å². The summed E-state index contributed by atoms with van der Waals surface area (Å²) in [6, 6.07) is 11.5. The molecule has 174 valence electrons. The molecule has 2 aromatic heterocycles. The van der Waals surface area contributed by atoms with Crippen LogP contribution in [0.25, 0.3) is 21.8 Å². The molecule has 0 unspecified atom stereocenters. The van der Waals surface area contributed by atoms with Crippen molar-refractivity contribution in [3.8, 4) is 0 Å². The molecule has 4 rings (SSSR count). The lowest BCUT2D eigenvalue weighted by Gasteiger charge is -2.12. The van der Waals surface area contributed by atoms with Gasteiger partial charge in [0.2, 0.25) is 0 Å². The number of hydrogen-bond donors (Lipinski definition) is 2. The third-order valence-electron chi connectivity index (χ3n) is 5.50. The summed E-state index contributed by atoms with van der Waals surface area (Å²) in [5.74, 6) is -1.21. The average Bonchev–Trinajstić information content (AvgIpc) is 2.84. The van der Waals surface area contributed by atoms with E-state index in [4.69, 9.17) is 0 Å². The summed E-state index contributed by atoms with van der Waals surface area (Å²) >= 11 is 0. The second-order valence-electron chi connectivity index (χ2n) is 7.78. The first-order valence-corrected chi connectivity index (χ1v) is 11.0. The van der Waals surface area contributed by atoms with E-state index in [0.29, 0.717) is 47.0 Å². The molecule has 2 amide bonds. The van der Waals surface area contributed by atoms with E-state index in [0.717, 1.165) is 0 Å². The number of benzene rings is 2. The molecular weight excluding hydrogens is 436 g/mol. The molecule has 0 saturated heterocycles. The number of amides is 2. The topological polar surface area (TPSA) is 128 Å². The lowest BCUT2D eigenvalue weighted by molar-refractivity contribution is 0.0843. The minimum atomic E-state index is -0.649. The van der Waals surface area contributed by atoms with Gasteiger partial charge < -0.3 is 4.57 Å². The van der Waals surface area contributed by atoms with Crippen molar-refractivity contribution in [2.75, 3.05) is 0 Å². The van der Waals surface area contributed by atoms with Gasteiger partial charge in [-0.3, -0.25) is 30.0 Å². The van der Waals surface area contributed by atoms with Crippen LogP contribution in [0.4, 0.5) is 0 Å². The number of nitrogens with zero attached hydrogens (tertiary/aromatic N) is 4. The van der Waals surface area contributed by atoms with Crippen molar-refractivity contribution in [1.82, 2.24) is 30.2 Å². The molecule has 34 heavy (non-hydrogen) atoms. The van der Waals surface area contributed by atoms with E-state index < -0.39 is 11.8 Å². The van der Waals surface area contributed by atoms with E-state index in [9.17, 15) is 19.2 Å². The number of nitrogens with one attached hydrogen (secondary N) is 2. The molecule has 10 nitrogen and oxygen atoms in total. The highest BCUT2D eigenvalue weighted by molar-refractivity contribution is 6.06. The lowest BCUT2D eigenvalue weighted by Crippen LogP contribution is -2.42. The fourth-order valence-electron chi connectivity index (χ4n) is 3.84. The summed E-state index contributed by atoms with van der Waals surface area (Å²) in [4.78, 5) is 54.8. The summed E-state index contributed by atoms with van der Waals surface area (Å²) in [6.07, 6.45) is 0.671. The number of carbonyl (C=O) groups is 2. The Morgan fingerprint density at radius 2 is 1.65 bits per heavy atom. The van der Waals surface area contributed by atoms with Gasteiger partial charge in [-0.25, -0.2) is 9.67 Å². The van der Waals surface area contributed by atoms with Gasteiger partial charge in [0.1, 0.15) is 5.69 Å². The Morgan fingerprint density at radius 1 is 0.941 bits per heavy atom. The summed E-state index contributed by atoms with van der Waals surface area (Å²) in [6.45, 7) is 6.22. The molecule has 0 aliphatic heterocycles. The van der Waals surface area contributed by atoms with Crippen LogP contribution in [0.2, 0.25) is 0 Å². The predicted molar refractivity (Wildman–Crippen MR) is 128 cm³/mol. The number of aromatic nitrogens is 4. The van der Waals surface area contributed by atoms with Crippen LogP contribution in [-0.4, -0.2) is 31.1 Å². The minimum absolute atomic E-state index is 0.0340. The second kappa shape index (κ2) is 9.26. The third kappa shape index (κ3) is 4.05. The molecule has 2 N–H and O–H groups in total. The van der Waals surface area contributed by atoms with Gasteiger partial charge in [-0.05, 0) is 44.5 Å². The monoisotopic (exact) mass is 460 g/mol. The summed E-state index contributed by atoms with van der Waals surface area (Å²) in [7, 11) is 0. The zero-order valence-electron chi connectivity index (χ0n) is 19.1. The number of rotatable bonds is 5. The van der Waals surface area contributed by atoms with Crippen molar-refractivity contribution < 1.29 is 9.59 Å². The molecule has 0 fully saturated rings. The zero-order chi connectivity index (χ0) is 24.4. The first kappa shape index (κ1) is 22.8. The van der Waals surface area contributed by atoms with Crippen LogP contribution < -0.4 is 22.0 Å². The predicted octanol–water partition coefficient (Wildman–Crippen LogP) is 1.92. The molecule has 2 heterocycles. The van der Waals surface area contributed by atoms with Gasteiger partial charge in [0.15, 0.2) is 5.69 Å². The van der Waals surface area contributed by atoms with E-state index in [1.165, 1.54) is 4.68 Å². The van der Waals surface area contributed by atoms with Gasteiger partial charge in [-0.1, -0.05) is 25.1 Å². The lowest BCUT2D eigenvalue weighted by atomic mass is 10.1. The van der Waals surface area contributed by atoms with E-state index >= 15 is 0 Å². The van der Waals surface area contributed by atoms with E-state index in [1.807, 2.05) is 13.8 Å². The minimum Gasteiger partial charge on any atom is -0.305 e. The van der Waals surface area contributed by atoms with E-state index in [-0.39, 0.29) is 22.4 Å². The average molecular weight is 460 g/mol. The van der Waals surface area contributed by atoms with Crippen molar-refractivity contribution >= 4 is 33.6 Å². The Balaban J connectivity index is 1.61. The zero-order valence-corrected chi connectivity index (χ0v) is 19.1. The molecule has 0 saturated carbocycles. The second-order valence-corrected chi connectivity index (χ2v) is 7.78. The maximum Gasteiger partial charge on any atom is 0.290 e. The normalized spacial score (nSPS) is 11.0. The maximum atomic E-state index is 12.9. The third-order valence-corrected chi connectivity index (χ3v) is 5.50. The van der Waals surface area contributed by atoms with Crippen LogP contribution in [0.5, 0.6) is 0 Å².